The summed E-state index contributed by atoms with van der Waals surface area (Å²) in [5.74, 6) is -2.29. The van der Waals surface area contributed by atoms with E-state index in [0.29, 0.717) is 22.2 Å². The molecule has 158 valence electrons. The van der Waals surface area contributed by atoms with Crippen molar-refractivity contribution in [3.05, 3.63) is 81.9 Å². The van der Waals surface area contributed by atoms with Crippen LogP contribution < -0.4 is 16.0 Å². The number of hydrogen-bond acceptors (Lipinski definition) is 5. The van der Waals surface area contributed by atoms with E-state index in [-0.39, 0.29) is 24.8 Å². The predicted octanol–water partition coefficient (Wildman–Crippen LogP) is 3.51. The number of nitrogens with two attached hydrogens (primary N) is 1. The molecule has 0 bridgehead atoms. The van der Waals surface area contributed by atoms with Gasteiger partial charge in [-0.15, -0.1) is 0 Å². The van der Waals surface area contributed by atoms with E-state index >= 15 is 0 Å². The number of fused-ring (bicyclic) bond motifs is 1. The number of aromatic nitrogens is 3. The topological polar surface area (TPSA) is 83.0 Å². The molecule has 0 amide bonds. The number of ether oxygens (including phenoxy) is 1. The molecule has 31 heavy (non-hydrogen) atoms. The van der Waals surface area contributed by atoms with Crippen molar-refractivity contribution < 1.29 is 17.9 Å². The smallest absolute Gasteiger partial charge is 0.319 e. The minimum Gasteiger partial charge on any atom is -0.462 e. The fourth-order valence-corrected chi connectivity index (χ4v) is 3.33. The first-order chi connectivity index (χ1) is 14.9. The van der Waals surface area contributed by atoms with Crippen LogP contribution in [0.2, 0.25) is 0 Å². The van der Waals surface area contributed by atoms with Crippen LogP contribution in [0.15, 0.2) is 53.3 Å². The number of hydrogen-bond donors (Lipinski definition) is 1. The lowest BCUT2D eigenvalue weighted by Crippen LogP contribution is -2.21. The molecule has 0 spiro atoms. The van der Waals surface area contributed by atoms with E-state index in [0.717, 1.165) is 16.7 Å². The molecular formula is C22H17F3N4O2. The maximum absolute atomic E-state index is 14.5. The Bertz CT molecular complexity index is 1330. The monoisotopic (exact) mass is 426 g/mol. The predicted molar refractivity (Wildman–Crippen MR) is 110 cm³/mol. The molecule has 0 atom stereocenters. The molecule has 0 fully saturated rings. The quantitative estimate of drug-likeness (QED) is 0.528. The van der Waals surface area contributed by atoms with Gasteiger partial charge in [-0.1, -0.05) is 6.07 Å². The molecule has 0 unspecified atom stereocenters. The van der Waals surface area contributed by atoms with Gasteiger partial charge in [0, 0.05) is 23.6 Å². The van der Waals surface area contributed by atoms with E-state index < -0.39 is 28.7 Å². The van der Waals surface area contributed by atoms with E-state index in [4.69, 9.17) is 10.5 Å². The second-order valence-electron chi connectivity index (χ2n) is 6.77. The van der Waals surface area contributed by atoms with Gasteiger partial charge in [-0.2, -0.15) is 9.97 Å². The van der Waals surface area contributed by atoms with E-state index in [2.05, 4.69) is 9.97 Å². The number of halogens is 3. The molecule has 0 aliphatic carbocycles. The maximum atomic E-state index is 14.5. The summed E-state index contributed by atoms with van der Waals surface area (Å²) >= 11 is 0. The second-order valence-corrected chi connectivity index (χ2v) is 6.77. The number of benzene rings is 2. The third-order valence-corrected chi connectivity index (χ3v) is 4.68. The Balaban J connectivity index is 2.11. The highest BCUT2D eigenvalue weighted by molar-refractivity contribution is 5.92. The largest absolute Gasteiger partial charge is 0.462 e. The molecule has 0 aliphatic heterocycles. The van der Waals surface area contributed by atoms with Crippen LogP contribution in [0, 0.1) is 24.4 Å². The molecule has 2 aromatic carbocycles. The SMILES string of the molecule is Cc1cc(F)ccc1-c1nc(OCCN)nc2c1ccc(=O)n2-c1c(F)cccc1F. The lowest BCUT2D eigenvalue weighted by Gasteiger charge is -2.15. The van der Waals surface area contributed by atoms with Crippen molar-refractivity contribution in [2.45, 2.75) is 6.92 Å². The number of para-hydroxylation sites is 1. The first-order valence-electron chi connectivity index (χ1n) is 9.38. The van der Waals surface area contributed by atoms with Gasteiger partial charge in [0.05, 0.1) is 5.69 Å². The molecule has 2 aromatic heterocycles. The number of aryl methyl sites for hydroxylation is 1. The average molecular weight is 426 g/mol. The zero-order valence-corrected chi connectivity index (χ0v) is 16.4. The summed E-state index contributed by atoms with van der Waals surface area (Å²) in [7, 11) is 0. The first-order valence-corrected chi connectivity index (χ1v) is 9.38. The normalized spacial score (nSPS) is 11.1. The van der Waals surface area contributed by atoms with E-state index in [1.165, 1.54) is 36.4 Å². The van der Waals surface area contributed by atoms with Crippen molar-refractivity contribution in [3.8, 4) is 23.0 Å². The van der Waals surface area contributed by atoms with Gasteiger partial charge < -0.3 is 10.5 Å². The van der Waals surface area contributed by atoms with Gasteiger partial charge in [0.25, 0.3) is 5.56 Å². The highest BCUT2D eigenvalue weighted by Gasteiger charge is 2.20. The molecule has 0 saturated carbocycles. The molecule has 0 saturated heterocycles. The fourth-order valence-electron chi connectivity index (χ4n) is 3.33. The first kappa shape index (κ1) is 20.5. The van der Waals surface area contributed by atoms with E-state index in [1.54, 1.807) is 6.92 Å². The summed E-state index contributed by atoms with van der Waals surface area (Å²) in [4.78, 5) is 21.3. The Morgan fingerprint density at radius 3 is 2.45 bits per heavy atom. The molecular weight excluding hydrogens is 409 g/mol. The van der Waals surface area contributed by atoms with E-state index in [1.807, 2.05) is 0 Å². The van der Waals surface area contributed by atoms with Gasteiger partial charge in [0.2, 0.25) is 0 Å². The Morgan fingerprint density at radius 1 is 1.03 bits per heavy atom. The summed E-state index contributed by atoms with van der Waals surface area (Å²) in [5, 5.41) is 0.331. The van der Waals surface area contributed by atoms with Crippen molar-refractivity contribution in [1.29, 1.82) is 0 Å². The van der Waals surface area contributed by atoms with Gasteiger partial charge in [-0.3, -0.25) is 9.36 Å². The number of nitrogens with zero attached hydrogens (tertiary/aromatic N) is 3. The Labute approximate surface area is 174 Å². The minimum atomic E-state index is -0.933. The summed E-state index contributed by atoms with van der Waals surface area (Å²) in [6.45, 7) is 1.95. The molecule has 2 heterocycles. The third kappa shape index (κ3) is 3.75. The van der Waals surface area contributed by atoms with Crippen molar-refractivity contribution in [1.82, 2.24) is 14.5 Å². The zero-order valence-electron chi connectivity index (χ0n) is 16.4. The van der Waals surface area contributed by atoms with Gasteiger partial charge in [-0.05, 0) is 48.9 Å². The third-order valence-electron chi connectivity index (χ3n) is 4.68. The molecule has 9 heteroatoms. The summed E-state index contributed by atoms with van der Waals surface area (Å²) < 4.78 is 49.0. The molecule has 0 aliphatic rings. The number of pyridine rings is 1. The van der Waals surface area contributed by atoms with Crippen LogP contribution in [0.25, 0.3) is 28.0 Å². The van der Waals surface area contributed by atoms with Crippen LogP contribution in [0.4, 0.5) is 13.2 Å². The standard InChI is InChI=1S/C22H17F3N4O2/c1-12-11-13(23)5-6-14(12)19-15-7-8-18(30)29(20-16(24)3-2-4-17(20)25)21(15)28-22(27-19)31-10-9-26/h2-8,11H,9-10,26H2,1H3. The Morgan fingerprint density at radius 2 is 1.77 bits per heavy atom. The summed E-state index contributed by atoms with van der Waals surface area (Å²) in [5.41, 5.74) is 5.61. The lowest BCUT2D eigenvalue weighted by atomic mass is 10.0. The zero-order chi connectivity index (χ0) is 22.1. The van der Waals surface area contributed by atoms with Crippen LogP contribution in [-0.2, 0) is 0 Å². The van der Waals surface area contributed by atoms with Gasteiger partial charge >= 0.3 is 6.01 Å². The summed E-state index contributed by atoms with van der Waals surface area (Å²) in [6, 6.07) is 9.90. The number of rotatable bonds is 5. The van der Waals surface area contributed by atoms with Crippen molar-refractivity contribution in [2.75, 3.05) is 13.2 Å². The molecule has 0 radical (unpaired) electrons. The van der Waals surface area contributed by atoms with Crippen LogP contribution in [0.5, 0.6) is 6.01 Å². The minimum absolute atomic E-state index is 0.0581. The van der Waals surface area contributed by atoms with E-state index in [9.17, 15) is 18.0 Å². The molecule has 2 N–H and O–H groups in total. The molecule has 6 nitrogen and oxygen atoms in total. The highest BCUT2D eigenvalue weighted by Crippen LogP contribution is 2.31. The van der Waals surface area contributed by atoms with Gasteiger partial charge in [0.1, 0.15) is 29.7 Å². The maximum Gasteiger partial charge on any atom is 0.319 e. The molecule has 4 aromatic rings. The Kier molecular flexibility index (Phi) is 5.43. The van der Waals surface area contributed by atoms with Crippen molar-refractivity contribution >= 4 is 11.0 Å². The highest BCUT2D eigenvalue weighted by atomic mass is 19.1. The van der Waals surface area contributed by atoms with Gasteiger partial charge in [-0.25, -0.2) is 13.2 Å². The van der Waals surface area contributed by atoms with Crippen LogP contribution in [0.1, 0.15) is 5.56 Å². The van der Waals surface area contributed by atoms with Crippen LogP contribution in [-0.4, -0.2) is 27.7 Å². The summed E-state index contributed by atoms with van der Waals surface area (Å²) in [6.07, 6.45) is 0. The fraction of sp³-hybridized carbons (Fsp3) is 0.136. The van der Waals surface area contributed by atoms with Crippen LogP contribution >= 0.6 is 0 Å². The van der Waals surface area contributed by atoms with Crippen molar-refractivity contribution in [3.63, 3.8) is 0 Å². The van der Waals surface area contributed by atoms with Gasteiger partial charge in [0.15, 0.2) is 5.65 Å². The second kappa shape index (κ2) is 8.19. The van der Waals surface area contributed by atoms with Crippen LogP contribution in [0.3, 0.4) is 0 Å². The molecule has 4 rings (SSSR count). The Hall–Kier alpha value is -3.72. The average Bonchev–Trinajstić information content (AvgIpc) is 2.73. The lowest BCUT2D eigenvalue weighted by molar-refractivity contribution is 0.303. The van der Waals surface area contributed by atoms with Crippen molar-refractivity contribution in [2.24, 2.45) is 5.73 Å².